The van der Waals surface area contributed by atoms with Crippen molar-refractivity contribution in [3.63, 3.8) is 0 Å². The Morgan fingerprint density at radius 3 is 2.50 bits per heavy atom. The fourth-order valence-electron chi connectivity index (χ4n) is 4.94. The predicted molar refractivity (Wildman–Crippen MR) is 126 cm³/mol. The lowest BCUT2D eigenvalue weighted by molar-refractivity contribution is -0.128. The van der Waals surface area contributed by atoms with E-state index in [1.165, 1.54) is 11.1 Å². The van der Waals surface area contributed by atoms with Crippen molar-refractivity contribution in [3.8, 4) is 0 Å². The van der Waals surface area contributed by atoms with Crippen LogP contribution in [0.4, 0.5) is 0 Å². The van der Waals surface area contributed by atoms with Gasteiger partial charge in [-0.15, -0.1) is 0 Å². The van der Waals surface area contributed by atoms with Gasteiger partial charge in [0.15, 0.2) is 0 Å². The van der Waals surface area contributed by atoms with Crippen LogP contribution in [0, 0.1) is 5.41 Å². The fraction of sp³-hybridized carbons (Fsp3) is 0.462. The second-order valence-electron chi connectivity index (χ2n) is 9.10. The summed E-state index contributed by atoms with van der Waals surface area (Å²) in [5.74, 6) is -0.0278. The first-order valence-corrected chi connectivity index (χ1v) is 11.7. The lowest BCUT2D eigenvalue weighted by Gasteiger charge is -2.22. The maximum Gasteiger partial charge on any atom is 0.242 e. The average molecular weight is 435 g/mol. The Morgan fingerprint density at radius 2 is 1.81 bits per heavy atom. The summed E-state index contributed by atoms with van der Waals surface area (Å²) in [6.07, 6.45) is 1.40. The second kappa shape index (κ2) is 10.3. The third kappa shape index (κ3) is 5.37. The molecule has 32 heavy (non-hydrogen) atoms. The minimum atomic E-state index is -0.431. The van der Waals surface area contributed by atoms with Gasteiger partial charge in [-0.2, -0.15) is 0 Å². The molecule has 2 atom stereocenters. The monoisotopic (exact) mass is 434 g/mol. The highest BCUT2D eigenvalue weighted by Crippen LogP contribution is 2.40. The number of nitrogens with zero attached hydrogens (tertiary/aromatic N) is 2. The highest BCUT2D eigenvalue weighted by molar-refractivity contribution is 5.94. The van der Waals surface area contributed by atoms with Crippen molar-refractivity contribution in [2.75, 3.05) is 32.7 Å². The molecule has 2 aromatic rings. The molecule has 2 N–H and O–H groups in total. The number of carbonyl (C=O) groups excluding carboxylic acids is 2. The number of benzene rings is 2. The SMILES string of the molecule is CCN(CCNC(=O)[C@@H]1C[C@]2(CCN(Cc3ccccc3)C2)C(=O)N1)Cc1ccccc1. The minimum Gasteiger partial charge on any atom is -0.353 e. The Kier molecular flexibility index (Phi) is 7.22. The first-order valence-electron chi connectivity index (χ1n) is 11.7. The Morgan fingerprint density at radius 1 is 1.12 bits per heavy atom. The molecule has 1 spiro atoms. The number of hydrogen-bond acceptors (Lipinski definition) is 4. The van der Waals surface area contributed by atoms with Gasteiger partial charge in [0.05, 0.1) is 5.41 Å². The van der Waals surface area contributed by atoms with Gasteiger partial charge in [0.25, 0.3) is 0 Å². The van der Waals surface area contributed by atoms with E-state index in [1.54, 1.807) is 0 Å². The Balaban J connectivity index is 1.24. The van der Waals surface area contributed by atoms with Crippen molar-refractivity contribution in [2.45, 2.75) is 38.9 Å². The van der Waals surface area contributed by atoms with Gasteiger partial charge in [-0.05, 0) is 37.1 Å². The lowest BCUT2D eigenvalue weighted by Crippen LogP contribution is -2.44. The summed E-state index contributed by atoms with van der Waals surface area (Å²) in [4.78, 5) is 30.2. The summed E-state index contributed by atoms with van der Waals surface area (Å²) in [6.45, 7) is 7.75. The minimum absolute atomic E-state index is 0.0347. The Bertz CT molecular complexity index is 905. The van der Waals surface area contributed by atoms with Crippen LogP contribution in [-0.2, 0) is 22.7 Å². The molecule has 0 saturated carbocycles. The van der Waals surface area contributed by atoms with Gasteiger partial charge in [-0.1, -0.05) is 67.6 Å². The number of rotatable bonds is 9. The van der Waals surface area contributed by atoms with Crippen LogP contribution in [0.3, 0.4) is 0 Å². The third-order valence-corrected chi connectivity index (χ3v) is 6.80. The van der Waals surface area contributed by atoms with Crippen LogP contribution in [0.15, 0.2) is 60.7 Å². The highest BCUT2D eigenvalue weighted by Gasteiger charge is 2.52. The van der Waals surface area contributed by atoms with Gasteiger partial charge in [0.2, 0.25) is 11.8 Å². The van der Waals surface area contributed by atoms with Crippen LogP contribution < -0.4 is 10.6 Å². The number of hydrogen-bond donors (Lipinski definition) is 2. The standard InChI is InChI=1S/C26H34N4O2/c1-2-29(18-21-9-5-3-6-10-21)16-14-27-24(31)23-17-26(25(32)28-23)13-15-30(20-26)19-22-11-7-4-8-12-22/h3-12,23H,2,13-20H2,1H3,(H,27,31)(H,28,32)/t23-,26-/m0/s1. The molecular weight excluding hydrogens is 400 g/mol. The molecule has 0 unspecified atom stereocenters. The smallest absolute Gasteiger partial charge is 0.242 e. The van der Waals surface area contributed by atoms with Crippen molar-refractivity contribution >= 4 is 11.8 Å². The molecule has 2 amide bonds. The molecule has 0 aromatic heterocycles. The molecule has 0 aliphatic carbocycles. The molecule has 2 aromatic carbocycles. The maximum absolute atomic E-state index is 12.8. The fourth-order valence-corrected chi connectivity index (χ4v) is 4.94. The van der Waals surface area contributed by atoms with Crippen LogP contribution in [0.2, 0.25) is 0 Å². The van der Waals surface area contributed by atoms with Crippen LogP contribution in [-0.4, -0.2) is 60.4 Å². The molecule has 4 rings (SSSR count). The van der Waals surface area contributed by atoms with Gasteiger partial charge in [0, 0.05) is 32.7 Å². The normalized spacial score (nSPS) is 23.1. The predicted octanol–water partition coefficient (Wildman–Crippen LogP) is 2.41. The molecule has 0 radical (unpaired) electrons. The van der Waals surface area contributed by atoms with E-state index in [-0.39, 0.29) is 11.8 Å². The van der Waals surface area contributed by atoms with E-state index in [9.17, 15) is 9.59 Å². The van der Waals surface area contributed by atoms with Crippen molar-refractivity contribution < 1.29 is 9.59 Å². The summed E-state index contributed by atoms with van der Waals surface area (Å²) in [7, 11) is 0. The zero-order chi connectivity index (χ0) is 22.4. The number of carbonyl (C=O) groups is 2. The van der Waals surface area contributed by atoms with Gasteiger partial charge in [-0.3, -0.25) is 19.4 Å². The van der Waals surface area contributed by atoms with Gasteiger partial charge in [0.1, 0.15) is 6.04 Å². The van der Waals surface area contributed by atoms with Gasteiger partial charge in [-0.25, -0.2) is 0 Å². The van der Waals surface area contributed by atoms with Crippen molar-refractivity contribution in [3.05, 3.63) is 71.8 Å². The highest BCUT2D eigenvalue weighted by atomic mass is 16.2. The number of nitrogens with one attached hydrogen (secondary N) is 2. The summed E-state index contributed by atoms with van der Waals surface area (Å²) in [6, 6.07) is 20.3. The second-order valence-corrected chi connectivity index (χ2v) is 9.10. The van der Waals surface area contributed by atoms with Crippen LogP contribution >= 0.6 is 0 Å². The molecule has 2 fully saturated rings. The Labute approximate surface area is 191 Å². The van der Waals surface area contributed by atoms with Gasteiger partial charge < -0.3 is 10.6 Å². The van der Waals surface area contributed by atoms with Gasteiger partial charge >= 0.3 is 0 Å². The molecule has 170 valence electrons. The molecule has 6 heteroatoms. The van der Waals surface area contributed by atoms with Crippen molar-refractivity contribution in [2.24, 2.45) is 5.41 Å². The summed E-state index contributed by atoms with van der Waals surface area (Å²) >= 11 is 0. The first kappa shape index (κ1) is 22.5. The molecular formula is C26H34N4O2. The number of amides is 2. The zero-order valence-electron chi connectivity index (χ0n) is 18.9. The van der Waals surface area contributed by atoms with Crippen LogP contribution in [0.5, 0.6) is 0 Å². The molecule has 2 aliphatic heterocycles. The topological polar surface area (TPSA) is 64.7 Å². The van der Waals surface area contributed by atoms with E-state index in [4.69, 9.17) is 0 Å². The molecule has 2 heterocycles. The zero-order valence-corrected chi connectivity index (χ0v) is 18.9. The molecule has 2 aliphatic rings. The van der Waals surface area contributed by atoms with Crippen LogP contribution in [0.25, 0.3) is 0 Å². The van der Waals surface area contributed by atoms with Crippen LogP contribution in [0.1, 0.15) is 30.9 Å². The van der Waals surface area contributed by atoms with Crippen molar-refractivity contribution in [1.29, 1.82) is 0 Å². The lowest BCUT2D eigenvalue weighted by atomic mass is 9.84. The van der Waals surface area contributed by atoms with E-state index in [0.717, 1.165) is 45.7 Å². The summed E-state index contributed by atoms with van der Waals surface area (Å²) in [5.41, 5.74) is 2.10. The maximum atomic E-state index is 12.8. The number of likely N-dealkylation sites (tertiary alicyclic amines) is 1. The van der Waals surface area contributed by atoms with E-state index >= 15 is 0 Å². The molecule has 2 saturated heterocycles. The van der Waals surface area contributed by atoms with E-state index in [2.05, 4.69) is 51.6 Å². The van der Waals surface area contributed by atoms with E-state index < -0.39 is 11.5 Å². The molecule has 0 bridgehead atoms. The quantitative estimate of drug-likeness (QED) is 0.636. The van der Waals surface area contributed by atoms with Crippen molar-refractivity contribution in [1.82, 2.24) is 20.4 Å². The average Bonchev–Trinajstić information content (AvgIpc) is 3.37. The first-order chi connectivity index (χ1) is 15.6. The van der Waals surface area contributed by atoms with E-state index in [1.807, 2.05) is 36.4 Å². The summed E-state index contributed by atoms with van der Waals surface area (Å²) < 4.78 is 0. The summed E-state index contributed by atoms with van der Waals surface area (Å²) in [5, 5.41) is 6.02. The number of likely N-dealkylation sites (N-methyl/N-ethyl adjacent to an activating group) is 1. The molecule has 6 nitrogen and oxygen atoms in total. The van der Waals surface area contributed by atoms with E-state index in [0.29, 0.717) is 13.0 Å². The Hall–Kier alpha value is -2.70. The largest absolute Gasteiger partial charge is 0.353 e. The third-order valence-electron chi connectivity index (χ3n) is 6.80.